The van der Waals surface area contributed by atoms with Crippen LogP contribution in [0.15, 0.2) is 16.3 Å². The second-order valence-corrected chi connectivity index (χ2v) is 7.45. The molecule has 0 spiro atoms. The molecule has 0 saturated heterocycles. The quantitative estimate of drug-likeness (QED) is 0.773. The Morgan fingerprint density at radius 3 is 2.48 bits per heavy atom. The summed E-state index contributed by atoms with van der Waals surface area (Å²) < 4.78 is 25.8. The van der Waals surface area contributed by atoms with Crippen molar-refractivity contribution in [1.82, 2.24) is 9.62 Å². The Kier molecular flexibility index (Phi) is 5.87. The van der Waals surface area contributed by atoms with E-state index in [1.807, 2.05) is 0 Å². The maximum atomic E-state index is 12.4. The van der Waals surface area contributed by atoms with Crippen LogP contribution >= 0.6 is 11.3 Å². The van der Waals surface area contributed by atoms with Gasteiger partial charge >= 0.3 is 5.97 Å². The molecule has 9 heteroatoms. The van der Waals surface area contributed by atoms with Gasteiger partial charge in [0.25, 0.3) is 0 Å². The zero-order valence-corrected chi connectivity index (χ0v) is 13.6. The van der Waals surface area contributed by atoms with Crippen LogP contribution in [0.25, 0.3) is 0 Å². The predicted octanol–water partition coefficient (Wildman–Crippen LogP) is 0.981. The molecule has 118 valence electrons. The van der Waals surface area contributed by atoms with E-state index in [0.717, 1.165) is 21.7 Å². The molecule has 1 amide bonds. The molecule has 0 aliphatic heterocycles. The van der Waals surface area contributed by atoms with E-state index in [0.29, 0.717) is 0 Å². The third-order valence-electron chi connectivity index (χ3n) is 2.55. The maximum Gasteiger partial charge on any atom is 0.345 e. The minimum absolute atomic E-state index is 0.0590. The maximum absolute atomic E-state index is 12.4. The molecule has 0 aliphatic rings. The van der Waals surface area contributed by atoms with Crippen LogP contribution in [0.5, 0.6) is 0 Å². The summed E-state index contributed by atoms with van der Waals surface area (Å²) >= 11 is 0.836. The molecular weight excluding hydrogens is 316 g/mol. The highest BCUT2D eigenvalue weighted by atomic mass is 32.2. The van der Waals surface area contributed by atoms with Crippen LogP contribution in [0.3, 0.4) is 0 Å². The molecule has 0 aliphatic carbocycles. The number of carboxylic acids is 1. The Morgan fingerprint density at radius 1 is 1.43 bits per heavy atom. The summed E-state index contributed by atoms with van der Waals surface area (Å²) in [6, 6.07) is 1.02. The first kappa shape index (κ1) is 17.6. The van der Waals surface area contributed by atoms with Crippen molar-refractivity contribution in [3.8, 4) is 0 Å². The number of amides is 1. The highest BCUT2D eigenvalue weighted by molar-refractivity contribution is 7.89. The van der Waals surface area contributed by atoms with Crippen LogP contribution < -0.4 is 5.32 Å². The summed E-state index contributed by atoms with van der Waals surface area (Å²) in [6.07, 6.45) is 0. The molecule has 0 bridgehead atoms. The lowest BCUT2D eigenvalue weighted by atomic mass is 10.4. The smallest absolute Gasteiger partial charge is 0.345 e. The lowest BCUT2D eigenvalue weighted by Crippen LogP contribution is -2.42. The van der Waals surface area contributed by atoms with Gasteiger partial charge in [-0.15, -0.1) is 11.3 Å². The molecular formula is C12H18N2O5S2. The number of aromatic carboxylic acids is 1. The molecule has 1 aromatic heterocycles. The van der Waals surface area contributed by atoms with E-state index < -0.39 is 21.9 Å². The summed E-state index contributed by atoms with van der Waals surface area (Å²) in [7, 11) is -3.88. The van der Waals surface area contributed by atoms with Gasteiger partial charge in [-0.25, -0.2) is 13.2 Å². The van der Waals surface area contributed by atoms with Crippen molar-refractivity contribution in [1.29, 1.82) is 0 Å². The Balaban J connectivity index is 2.96. The molecule has 1 aromatic rings. The zero-order valence-electron chi connectivity index (χ0n) is 12.0. The number of carbonyl (C=O) groups excluding carboxylic acids is 1. The van der Waals surface area contributed by atoms with E-state index in [9.17, 15) is 18.0 Å². The third kappa shape index (κ3) is 4.51. The number of likely N-dealkylation sites (N-methyl/N-ethyl adjacent to an activating group) is 1. The lowest BCUT2D eigenvalue weighted by Gasteiger charge is -2.20. The van der Waals surface area contributed by atoms with Gasteiger partial charge in [0.15, 0.2) is 0 Å². The van der Waals surface area contributed by atoms with Gasteiger partial charge < -0.3 is 10.4 Å². The molecule has 0 saturated carbocycles. The van der Waals surface area contributed by atoms with Crippen molar-refractivity contribution in [3.05, 3.63) is 16.3 Å². The number of sulfonamides is 1. The summed E-state index contributed by atoms with van der Waals surface area (Å²) in [5.41, 5.74) is 0. The topological polar surface area (TPSA) is 104 Å². The van der Waals surface area contributed by atoms with Gasteiger partial charge in [-0.3, -0.25) is 4.79 Å². The number of carbonyl (C=O) groups is 2. The molecule has 0 unspecified atom stereocenters. The van der Waals surface area contributed by atoms with Gasteiger partial charge in [-0.05, 0) is 19.9 Å². The summed E-state index contributed by atoms with van der Waals surface area (Å²) in [6.45, 7) is 4.99. The number of rotatable bonds is 7. The Hall–Kier alpha value is -1.45. The number of nitrogens with zero attached hydrogens (tertiary/aromatic N) is 1. The fourth-order valence-corrected chi connectivity index (χ4v) is 4.11. The lowest BCUT2D eigenvalue weighted by molar-refractivity contribution is -0.121. The highest BCUT2D eigenvalue weighted by Crippen LogP contribution is 2.22. The first-order valence-electron chi connectivity index (χ1n) is 6.29. The number of nitrogens with one attached hydrogen (secondary N) is 1. The van der Waals surface area contributed by atoms with Crippen LogP contribution in [-0.4, -0.2) is 48.8 Å². The average Bonchev–Trinajstić information content (AvgIpc) is 2.85. The van der Waals surface area contributed by atoms with E-state index >= 15 is 0 Å². The van der Waals surface area contributed by atoms with E-state index in [2.05, 4.69) is 5.32 Å². The van der Waals surface area contributed by atoms with Crippen LogP contribution in [0, 0.1) is 0 Å². The van der Waals surface area contributed by atoms with Gasteiger partial charge in [0, 0.05) is 18.0 Å². The molecule has 21 heavy (non-hydrogen) atoms. The van der Waals surface area contributed by atoms with Crippen molar-refractivity contribution in [2.24, 2.45) is 0 Å². The van der Waals surface area contributed by atoms with Crippen LogP contribution in [-0.2, 0) is 14.8 Å². The van der Waals surface area contributed by atoms with Gasteiger partial charge in [0.2, 0.25) is 15.9 Å². The van der Waals surface area contributed by atoms with Crippen LogP contribution in [0.4, 0.5) is 0 Å². The van der Waals surface area contributed by atoms with Crippen molar-refractivity contribution >= 4 is 33.2 Å². The highest BCUT2D eigenvalue weighted by Gasteiger charge is 2.27. The van der Waals surface area contributed by atoms with Crippen molar-refractivity contribution in [2.75, 3.05) is 13.1 Å². The fourth-order valence-electron chi connectivity index (χ4n) is 1.61. The van der Waals surface area contributed by atoms with Crippen molar-refractivity contribution in [2.45, 2.75) is 31.7 Å². The first-order chi connectivity index (χ1) is 9.68. The average molecular weight is 334 g/mol. The fraction of sp³-hybridized carbons (Fsp3) is 0.500. The van der Waals surface area contributed by atoms with Crippen molar-refractivity contribution in [3.63, 3.8) is 0 Å². The molecule has 1 heterocycles. The first-order valence-corrected chi connectivity index (χ1v) is 8.61. The number of hydrogen-bond donors (Lipinski definition) is 2. The normalized spacial score (nSPS) is 11.9. The number of carboxylic acid groups (broad SMARTS) is 1. The van der Waals surface area contributed by atoms with Crippen LogP contribution in [0.1, 0.15) is 30.4 Å². The van der Waals surface area contributed by atoms with E-state index in [1.165, 1.54) is 5.38 Å². The molecule has 0 radical (unpaired) electrons. The largest absolute Gasteiger partial charge is 0.477 e. The standard InChI is InChI=1S/C12H18N2O5S2/c1-4-14(6-11(15)13-8(2)3)21(18,19)9-5-10(12(16)17)20-7-9/h5,7-8H,4,6H2,1-3H3,(H,13,15)(H,16,17). The second-order valence-electron chi connectivity index (χ2n) is 4.61. The van der Waals surface area contributed by atoms with Gasteiger partial charge in [-0.1, -0.05) is 6.92 Å². The van der Waals surface area contributed by atoms with Crippen LogP contribution in [0.2, 0.25) is 0 Å². The Bertz CT molecular complexity index is 621. The summed E-state index contributed by atoms with van der Waals surface area (Å²) in [5.74, 6) is -1.58. The molecule has 0 fully saturated rings. The van der Waals surface area contributed by atoms with Gasteiger partial charge in [0.05, 0.1) is 11.4 Å². The SMILES string of the molecule is CCN(CC(=O)NC(C)C)S(=O)(=O)c1csc(C(=O)O)c1. The molecule has 1 rings (SSSR count). The second kappa shape index (κ2) is 7.01. The summed E-state index contributed by atoms with van der Waals surface area (Å²) in [4.78, 5) is 22.4. The monoisotopic (exact) mass is 334 g/mol. The number of thiophene rings is 1. The zero-order chi connectivity index (χ0) is 16.2. The van der Waals surface area contributed by atoms with E-state index in [-0.39, 0.29) is 28.9 Å². The third-order valence-corrected chi connectivity index (χ3v) is 5.51. The minimum Gasteiger partial charge on any atom is -0.477 e. The Labute approximate surface area is 127 Å². The van der Waals surface area contributed by atoms with Gasteiger partial charge in [-0.2, -0.15) is 4.31 Å². The summed E-state index contributed by atoms with van der Waals surface area (Å²) in [5, 5.41) is 12.7. The minimum atomic E-state index is -3.88. The van der Waals surface area contributed by atoms with Crippen molar-refractivity contribution < 1.29 is 23.1 Å². The van der Waals surface area contributed by atoms with Gasteiger partial charge in [0.1, 0.15) is 4.88 Å². The number of hydrogen-bond acceptors (Lipinski definition) is 5. The molecule has 0 atom stereocenters. The Morgan fingerprint density at radius 2 is 2.05 bits per heavy atom. The molecule has 0 aromatic carbocycles. The molecule has 2 N–H and O–H groups in total. The van der Waals surface area contributed by atoms with E-state index in [4.69, 9.17) is 5.11 Å². The van der Waals surface area contributed by atoms with E-state index in [1.54, 1.807) is 20.8 Å². The predicted molar refractivity (Wildman–Crippen MR) is 79.0 cm³/mol. The molecule has 7 nitrogen and oxygen atoms in total.